The van der Waals surface area contributed by atoms with Gasteiger partial charge in [-0.15, -0.1) is 0 Å². The van der Waals surface area contributed by atoms with Gasteiger partial charge >= 0.3 is 12.1 Å². The van der Waals surface area contributed by atoms with Crippen LogP contribution < -0.4 is 0 Å². The predicted octanol–water partition coefficient (Wildman–Crippen LogP) is 2.67. The molecule has 0 radical (unpaired) electrons. The minimum Gasteiger partial charge on any atom is -0.463 e. The molecule has 0 aromatic heterocycles. The Balaban J connectivity index is 2.88. The van der Waals surface area contributed by atoms with Gasteiger partial charge in [-0.1, -0.05) is 13.8 Å². The Morgan fingerprint density at radius 3 is 1.94 bits per heavy atom. The second-order valence-electron chi connectivity index (χ2n) is 5.65. The molecule has 106 valence electrons. The van der Waals surface area contributed by atoms with Crippen molar-refractivity contribution in [3.05, 3.63) is 0 Å². The highest BCUT2D eigenvalue weighted by Gasteiger charge is 2.71. The Hall–Kier alpha value is -0.780. The molecule has 1 N–H and O–H groups in total. The van der Waals surface area contributed by atoms with Crippen molar-refractivity contribution < 1.29 is 27.8 Å². The minimum absolute atomic E-state index is 0.314. The average Bonchev–Trinajstić information content (AvgIpc) is 2.08. The second-order valence-corrected chi connectivity index (χ2v) is 5.65. The highest BCUT2D eigenvalue weighted by molar-refractivity contribution is 5.79. The molecule has 1 aliphatic rings. The Labute approximate surface area is 104 Å². The molecule has 3 nitrogen and oxygen atoms in total. The first-order valence-corrected chi connectivity index (χ1v) is 5.95. The van der Waals surface area contributed by atoms with Crippen LogP contribution in [0, 0.1) is 11.3 Å². The van der Waals surface area contributed by atoms with E-state index in [0.29, 0.717) is 0 Å². The maximum Gasteiger partial charge on any atom is 0.417 e. The van der Waals surface area contributed by atoms with Crippen LogP contribution in [0.25, 0.3) is 0 Å². The fraction of sp³-hybridized carbons (Fsp3) is 0.917. The quantitative estimate of drug-likeness (QED) is 0.800. The summed E-state index contributed by atoms with van der Waals surface area (Å²) in [5.74, 6) is -0.965. The molecular weight excluding hydrogens is 249 g/mol. The van der Waals surface area contributed by atoms with Crippen LogP contribution in [0.5, 0.6) is 0 Å². The third-order valence-corrected chi connectivity index (χ3v) is 3.60. The molecule has 0 amide bonds. The summed E-state index contributed by atoms with van der Waals surface area (Å²) >= 11 is 0. The zero-order valence-electron chi connectivity index (χ0n) is 11.0. The van der Waals surface area contributed by atoms with E-state index >= 15 is 0 Å². The second kappa shape index (κ2) is 4.40. The summed E-state index contributed by atoms with van der Waals surface area (Å²) in [7, 11) is 0. The number of alkyl halides is 3. The molecule has 0 atom stereocenters. The monoisotopic (exact) mass is 268 g/mol. The normalized spacial score (nSPS) is 32.6. The minimum atomic E-state index is -4.70. The van der Waals surface area contributed by atoms with Gasteiger partial charge in [0, 0.05) is 12.8 Å². The Kier molecular flexibility index (Phi) is 3.74. The van der Waals surface area contributed by atoms with Gasteiger partial charge in [-0.05, 0) is 19.8 Å². The van der Waals surface area contributed by atoms with Gasteiger partial charge < -0.3 is 9.84 Å². The molecule has 0 heterocycles. The largest absolute Gasteiger partial charge is 0.463 e. The number of hydrogen-bond donors (Lipinski definition) is 1. The first-order valence-electron chi connectivity index (χ1n) is 5.95. The van der Waals surface area contributed by atoms with E-state index in [9.17, 15) is 23.1 Å². The molecular formula is C12H19F3O3. The summed E-state index contributed by atoms with van der Waals surface area (Å²) in [4.78, 5) is 11.9. The van der Waals surface area contributed by atoms with E-state index in [4.69, 9.17) is 4.74 Å². The van der Waals surface area contributed by atoms with E-state index in [1.165, 1.54) is 0 Å². The molecule has 0 saturated heterocycles. The van der Waals surface area contributed by atoms with E-state index < -0.39 is 36.0 Å². The summed E-state index contributed by atoms with van der Waals surface area (Å²) < 4.78 is 42.9. The maximum atomic E-state index is 12.6. The molecule has 0 spiro atoms. The van der Waals surface area contributed by atoms with Crippen molar-refractivity contribution in [1.29, 1.82) is 0 Å². The number of halogens is 3. The van der Waals surface area contributed by atoms with Crippen molar-refractivity contribution in [3.8, 4) is 0 Å². The van der Waals surface area contributed by atoms with Crippen LogP contribution in [0.3, 0.4) is 0 Å². The highest BCUT2D eigenvalue weighted by Crippen LogP contribution is 2.59. The molecule has 0 aromatic rings. The van der Waals surface area contributed by atoms with Gasteiger partial charge in [0.15, 0.2) is 5.60 Å². The number of rotatable bonds is 3. The molecule has 1 saturated carbocycles. The highest BCUT2D eigenvalue weighted by atomic mass is 19.4. The van der Waals surface area contributed by atoms with Gasteiger partial charge in [-0.25, -0.2) is 0 Å². The fourth-order valence-corrected chi connectivity index (χ4v) is 2.31. The van der Waals surface area contributed by atoms with Crippen molar-refractivity contribution in [2.45, 2.75) is 58.4 Å². The van der Waals surface area contributed by atoms with Gasteiger partial charge in [0.1, 0.15) is 0 Å². The van der Waals surface area contributed by atoms with Crippen LogP contribution in [-0.4, -0.2) is 29.0 Å². The van der Waals surface area contributed by atoms with Gasteiger partial charge in [-0.2, -0.15) is 13.2 Å². The molecule has 1 fully saturated rings. The predicted molar refractivity (Wildman–Crippen MR) is 58.7 cm³/mol. The van der Waals surface area contributed by atoms with Crippen LogP contribution in [0.15, 0.2) is 0 Å². The van der Waals surface area contributed by atoms with Gasteiger partial charge in [0.05, 0.1) is 11.5 Å². The van der Waals surface area contributed by atoms with Crippen LogP contribution in [-0.2, 0) is 9.53 Å². The molecule has 1 aliphatic carbocycles. The van der Waals surface area contributed by atoms with Crippen molar-refractivity contribution in [2.75, 3.05) is 0 Å². The first kappa shape index (κ1) is 15.3. The number of ether oxygens (including phenoxy) is 1. The van der Waals surface area contributed by atoms with E-state index in [2.05, 4.69) is 0 Å². The topological polar surface area (TPSA) is 46.5 Å². The number of esters is 1. The Morgan fingerprint density at radius 1 is 1.22 bits per heavy atom. The summed E-state index contributed by atoms with van der Waals surface area (Å²) in [6, 6.07) is 0. The lowest BCUT2D eigenvalue weighted by Gasteiger charge is -2.53. The third-order valence-electron chi connectivity index (χ3n) is 3.60. The van der Waals surface area contributed by atoms with Crippen molar-refractivity contribution >= 4 is 5.97 Å². The maximum absolute atomic E-state index is 12.6. The number of carbonyl (C=O) groups excluding carboxylic acids is 1. The average molecular weight is 268 g/mol. The molecule has 0 aliphatic heterocycles. The molecule has 0 bridgehead atoms. The van der Waals surface area contributed by atoms with Gasteiger partial charge in [0.25, 0.3) is 0 Å². The first-order chi connectivity index (χ1) is 7.94. The van der Waals surface area contributed by atoms with Crippen LogP contribution in [0.1, 0.15) is 40.5 Å². The zero-order valence-corrected chi connectivity index (χ0v) is 11.0. The van der Waals surface area contributed by atoms with Crippen molar-refractivity contribution in [1.82, 2.24) is 0 Å². The smallest absolute Gasteiger partial charge is 0.417 e. The van der Waals surface area contributed by atoms with Gasteiger partial charge in [-0.3, -0.25) is 4.79 Å². The lowest BCUT2D eigenvalue weighted by molar-refractivity contribution is -0.320. The van der Waals surface area contributed by atoms with Gasteiger partial charge in [0.2, 0.25) is 0 Å². The number of hydrogen-bond acceptors (Lipinski definition) is 3. The van der Waals surface area contributed by atoms with Crippen LogP contribution in [0.2, 0.25) is 0 Å². The van der Waals surface area contributed by atoms with E-state index in [1.807, 2.05) is 0 Å². The van der Waals surface area contributed by atoms with Crippen molar-refractivity contribution in [3.63, 3.8) is 0 Å². The summed E-state index contributed by atoms with van der Waals surface area (Å²) in [5.41, 5.74) is -3.98. The van der Waals surface area contributed by atoms with E-state index in [0.717, 1.165) is 0 Å². The molecule has 0 aromatic carbocycles. The lowest BCUT2D eigenvalue weighted by Crippen LogP contribution is -2.65. The Morgan fingerprint density at radius 2 is 1.67 bits per heavy atom. The van der Waals surface area contributed by atoms with Crippen LogP contribution in [0.4, 0.5) is 13.2 Å². The van der Waals surface area contributed by atoms with Crippen LogP contribution >= 0.6 is 0 Å². The summed E-state index contributed by atoms with van der Waals surface area (Å²) in [6.45, 7) is 6.61. The Bertz CT molecular complexity index is 328. The molecule has 6 heteroatoms. The fourth-order valence-electron chi connectivity index (χ4n) is 2.31. The lowest BCUT2D eigenvalue weighted by atomic mass is 9.54. The van der Waals surface area contributed by atoms with E-state index in [1.54, 1.807) is 27.7 Å². The molecule has 0 unspecified atom stereocenters. The standard InChI is InChI=1S/C12H19F3O3/c1-7(2)10(9(16)18-8(3)4)5-11(17,6-10)12(13,14)15/h7-8,17H,5-6H2,1-4H3. The summed E-state index contributed by atoms with van der Waals surface area (Å²) in [6.07, 6.45) is -6.32. The zero-order chi connectivity index (χ0) is 14.4. The number of carbonyl (C=O) groups is 1. The van der Waals surface area contributed by atoms with E-state index in [-0.39, 0.29) is 12.0 Å². The number of aliphatic hydroxyl groups is 1. The molecule has 18 heavy (non-hydrogen) atoms. The van der Waals surface area contributed by atoms with Crippen molar-refractivity contribution in [2.24, 2.45) is 11.3 Å². The summed E-state index contributed by atoms with van der Waals surface area (Å²) in [5, 5.41) is 9.48. The SMILES string of the molecule is CC(C)OC(=O)C1(C(C)C)CC(O)(C(F)(F)F)C1. The molecule has 1 rings (SSSR count). The third kappa shape index (κ3) is 2.35.